The van der Waals surface area contributed by atoms with Crippen molar-refractivity contribution in [2.45, 2.75) is 51.2 Å². The Morgan fingerprint density at radius 2 is 2.00 bits per heavy atom. The normalized spacial score (nSPS) is 27.2. The van der Waals surface area contributed by atoms with Crippen molar-refractivity contribution < 1.29 is 18.0 Å². The number of hydrogen-bond donors (Lipinski definition) is 1. The number of carbonyl (C=O) groups is 1. The van der Waals surface area contributed by atoms with Gasteiger partial charge in [-0.2, -0.15) is 13.2 Å². The molecule has 2 heterocycles. The molecule has 2 aliphatic heterocycles. The van der Waals surface area contributed by atoms with Gasteiger partial charge in [-0.05, 0) is 44.6 Å². The number of piperidine rings is 1. The van der Waals surface area contributed by atoms with E-state index in [9.17, 15) is 18.0 Å². The Morgan fingerprint density at radius 3 is 2.68 bits per heavy atom. The van der Waals surface area contributed by atoms with E-state index in [2.05, 4.69) is 12.2 Å². The average molecular weight is 321 g/mol. The number of amides is 2. The molecule has 7 heteroatoms. The van der Waals surface area contributed by atoms with E-state index in [1.807, 2.05) is 4.90 Å². The number of carbonyl (C=O) groups excluding carboxylic acids is 1. The molecule has 0 aromatic carbocycles. The first-order valence-corrected chi connectivity index (χ1v) is 8.22. The lowest BCUT2D eigenvalue weighted by atomic mass is 10.0. The number of urea groups is 1. The molecule has 2 rings (SSSR count). The van der Waals surface area contributed by atoms with E-state index in [1.54, 1.807) is 0 Å². The molecule has 22 heavy (non-hydrogen) atoms. The lowest BCUT2D eigenvalue weighted by Gasteiger charge is -2.35. The van der Waals surface area contributed by atoms with Gasteiger partial charge in [-0.3, -0.25) is 4.90 Å². The van der Waals surface area contributed by atoms with Gasteiger partial charge in [-0.25, -0.2) is 4.79 Å². The van der Waals surface area contributed by atoms with Crippen LogP contribution in [0.25, 0.3) is 0 Å². The summed E-state index contributed by atoms with van der Waals surface area (Å²) in [6.07, 6.45) is 0.779. The minimum absolute atomic E-state index is 0.0548. The maximum Gasteiger partial charge on any atom is 0.401 e. The van der Waals surface area contributed by atoms with Crippen LogP contribution in [-0.4, -0.2) is 60.8 Å². The van der Waals surface area contributed by atoms with Crippen molar-refractivity contribution >= 4 is 6.03 Å². The summed E-state index contributed by atoms with van der Waals surface area (Å²) < 4.78 is 37.1. The first kappa shape index (κ1) is 17.4. The summed E-state index contributed by atoms with van der Waals surface area (Å²) in [6.45, 7) is 3.37. The van der Waals surface area contributed by atoms with Crippen LogP contribution in [-0.2, 0) is 0 Å². The van der Waals surface area contributed by atoms with Crippen LogP contribution in [0.5, 0.6) is 0 Å². The number of halogens is 3. The number of hydrogen-bond acceptors (Lipinski definition) is 2. The van der Waals surface area contributed by atoms with E-state index in [-0.39, 0.29) is 11.9 Å². The predicted octanol–water partition coefficient (Wildman–Crippen LogP) is 2.84. The molecule has 2 fully saturated rings. The number of likely N-dealkylation sites (tertiary alicyclic amines) is 2. The molecule has 0 spiro atoms. The molecule has 2 amide bonds. The summed E-state index contributed by atoms with van der Waals surface area (Å²) in [4.78, 5) is 15.6. The fourth-order valence-corrected chi connectivity index (χ4v) is 3.50. The van der Waals surface area contributed by atoms with E-state index < -0.39 is 12.7 Å². The smallest absolute Gasteiger partial charge is 0.338 e. The molecule has 2 unspecified atom stereocenters. The van der Waals surface area contributed by atoms with Crippen molar-refractivity contribution in [3.8, 4) is 0 Å². The molecular formula is C15H26F3N3O. The zero-order chi connectivity index (χ0) is 16.2. The van der Waals surface area contributed by atoms with Crippen LogP contribution >= 0.6 is 0 Å². The summed E-state index contributed by atoms with van der Waals surface area (Å²) in [7, 11) is 0. The molecule has 2 aliphatic rings. The van der Waals surface area contributed by atoms with Crippen molar-refractivity contribution in [2.75, 3.05) is 32.7 Å². The van der Waals surface area contributed by atoms with E-state index in [4.69, 9.17) is 0 Å². The topological polar surface area (TPSA) is 35.6 Å². The van der Waals surface area contributed by atoms with Crippen LogP contribution in [0, 0.1) is 5.92 Å². The highest BCUT2D eigenvalue weighted by Crippen LogP contribution is 2.23. The zero-order valence-corrected chi connectivity index (χ0v) is 13.2. The molecule has 0 bridgehead atoms. The third-order valence-electron chi connectivity index (χ3n) is 4.67. The molecule has 0 radical (unpaired) electrons. The minimum Gasteiger partial charge on any atom is -0.338 e. The number of alkyl halides is 3. The molecule has 4 nitrogen and oxygen atoms in total. The fraction of sp³-hybridized carbons (Fsp3) is 0.933. The summed E-state index contributed by atoms with van der Waals surface area (Å²) in [6, 6.07) is 0.250. The van der Waals surface area contributed by atoms with E-state index in [0.717, 1.165) is 32.2 Å². The van der Waals surface area contributed by atoms with Gasteiger partial charge >= 0.3 is 12.2 Å². The van der Waals surface area contributed by atoms with Crippen molar-refractivity contribution in [2.24, 2.45) is 5.92 Å². The van der Waals surface area contributed by atoms with Gasteiger partial charge in [-0.15, -0.1) is 0 Å². The van der Waals surface area contributed by atoms with E-state index >= 15 is 0 Å². The van der Waals surface area contributed by atoms with Gasteiger partial charge in [0.1, 0.15) is 0 Å². The Hall–Kier alpha value is -0.980. The lowest BCUT2D eigenvalue weighted by molar-refractivity contribution is -0.143. The van der Waals surface area contributed by atoms with Crippen LogP contribution in [0.2, 0.25) is 0 Å². The molecule has 0 aromatic heterocycles. The molecule has 1 N–H and O–H groups in total. The van der Waals surface area contributed by atoms with Gasteiger partial charge < -0.3 is 10.2 Å². The number of nitrogens with one attached hydrogen (secondary N) is 1. The highest BCUT2D eigenvalue weighted by atomic mass is 19.4. The van der Waals surface area contributed by atoms with Crippen molar-refractivity contribution in [1.82, 2.24) is 15.1 Å². The summed E-state index contributed by atoms with van der Waals surface area (Å²) >= 11 is 0. The second kappa shape index (κ2) is 7.53. The summed E-state index contributed by atoms with van der Waals surface area (Å²) in [5.41, 5.74) is 0. The Bertz CT molecular complexity index is 376. The molecule has 2 atom stereocenters. The Kier molecular flexibility index (Phi) is 5.94. The standard InChI is InChI=1S/C15H26F3N3O/c1-2-13-5-3-4-7-21(13)14(22)19-9-12-6-8-20(10-12)11-15(16,17)18/h12-13H,2-11H2,1H3,(H,19,22). The van der Waals surface area contributed by atoms with Crippen LogP contribution in [0.4, 0.5) is 18.0 Å². The highest BCUT2D eigenvalue weighted by Gasteiger charge is 2.34. The highest BCUT2D eigenvalue weighted by molar-refractivity contribution is 5.74. The van der Waals surface area contributed by atoms with Gasteiger partial charge in [0.15, 0.2) is 0 Å². The van der Waals surface area contributed by atoms with Crippen LogP contribution in [0.1, 0.15) is 39.0 Å². The number of nitrogens with zero attached hydrogens (tertiary/aromatic N) is 2. The molecular weight excluding hydrogens is 295 g/mol. The maximum atomic E-state index is 12.4. The van der Waals surface area contributed by atoms with Gasteiger partial charge in [0.05, 0.1) is 6.54 Å². The molecule has 2 saturated heterocycles. The first-order chi connectivity index (χ1) is 10.4. The van der Waals surface area contributed by atoms with E-state index in [1.165, 1.54) is 4.90 Å². The quantitative estimate of drug-likeness (QED) is 0.864. The third-order valence-corrected chi connectivity index (χ3v) is 4.67. The fourth-order valence-electron chi connectivity index (χ4n) is 3.50. The second-order valence-corrected chi connectivity index (χ2v) is 6.44. The van der Waals surface area contributed by atoms with Crippen molar-refractivity contribution in [3.05, 3.63) is 0 Å². The SMILES string of the molecule is CCC1CCCCN1C(=O)NCC1CCN(CC(F)(F)F)C1. The van der Waals surface area contributed by atoms with Crippen LogP contribution < -0.4 is 5.32 Å². The Morgan fingerprint density at radius 1 is 1.23 bits per heavy atom. The average Bonchev–Trinajstić information content (AvgIpc) is 2.90. The van der Waals surface area contributed by atoms with Gasteiger partial charge in [0.2, 0.25) is 0 Å². The minimum atomic E-state index is -4.14. The molecule has 0 aromatic rings. The van der Waals surface area contributed by atoms with Crippen molar-refractivity contribution in [1.29, 1.82) is 0 Å². The third kappa shape index (κ3) is 5.04. The predicted molar refractivity (Wildman–Crippen MR) is 78.6 cm³/mol. The molecule has 128 valence electrons. The van der Waals surface area contributed by atoms with Crippen LogP contribution in [0.15, 0.2) is 0 Å². The van der Waals surface area contributed by atoms with Crippen LogP contribution in [0.3, 0.4) is 0 Å². The second-order valence-electron chi connectivity index (χ2n) is 6.44. The Labute approximate surface area is 130 Å². The molecule has 0 saturated carbocycles. The molecule has 0 aliphatic carbocycles. The zero-order valence-electron chi connectivity index (χ0n) is 13.2. The van der Waals surface area contributed by atoms with E-state index in [0.29, 0.717) is 32.1 Å². The summed E-state index contributed by atoms with van der Waals surface area (Å²) in [5, 5.41) is 2.92. The maximum absolute atomic E-state index is 12.4. The van der Waals surface area contributed by atoms with Gasteiger partial charge in [0.25, 0.3) is 0 Å². The largest absolute Gasteiger partial charge is 0.401 e. The lowest BCUT2D eigenvalue weighted by Crippen LogP contribution is -2.49. The Balaban J connectivity index is 1.73. The van der Waals surface area contributed by atoms with Crippen molar-refractivity contribution in [3.63, 3.8) is 0 Å². The summed E-state index contributed by atoms with van der Waals surface area (Å²) in [5.74, 6) is 0.121. The monoisotopic (exact) mass is 321 g/mol. The van der Waals surface area contributed by atoms with Gasteiger partial charge in [-0.1, -0.05) is 6.92 Å². The first-order valence-electron chi connectivity index (χ1n) is 8.22. The number of rotatable bonds is 4. The van der Waals surface area contributed by atoms with Gasteiger partial charge in [0, 0.05) is 25.7 Å².